The maximum atomic E-state index is 10.1. The number of rotatable bonds is 15. The minimum atomic E-state index is -2.36. The molecule has 0 aromatic heterocycles. The van der Waals surface area contributed by atoms with Crippen LogP contribution in [0, 0.1) is 0 Å². The molecule has 0 aliphatic rings. The lowest BCUT2D eigenvalue weighted by Crippen LogP contribution is -2.49. The van der Waals surface area contributed by atoms with Crippen molar-refractivity contribution in [1.82, 2.24) is 10.6 Å². The molecular weight excluding hydrogens is 592 g/mol. The highest BCUT2D eigenvalue weighted by molar-refractivity contribution is 5.75. The predicted molar refractivity (Wildman–Crippen MR) is 185 cm³/mol. The van der Waals surface area contributed by atoms with Gasteiger partial charge >= 0.3 is 11.9 Å². The van der Waals surface area contributed by atoms with Crippen LogP contribution in [0.1, 0.15) is 37.8 Å². The number of carbonyl (C=O) groups is 2. The van der Waals surface area contributed by atoms with Crippen LogP contribution in [0.4, 0.5) is 11.4 Å². The highest BCUT2D eigenvalue weighted by Gasteiger charge is 2.37. The van der Waals surface area contributed by atoms with Crippen LogP contribution in [0.15, 0.2) is 60.7 Å². The lowest BCUT2D eigenvalue weighted by Gasteiger charge is -2.21. The Kier molecular flexibility index (Phi) is 20.8. The van der Waals surface area contributed by atoms with Crippen LogP contribution in [-0.4, -0.2) is 121 Å². The van der Waals surface area contributed by atoms with Crippen molar-refractivity contribution in [1.29, 1.82) is 0 Å². The van der Waals surface area contributed by atoms with Gasteiger partial charge in [-0.05, 0) is 76.2 Å². The number of hydrogen-bond acceptors (Lipinski definition) is 10. The van der Waals surface area contributed by atoms with Crippen molar-refractivity contribution in [3.8, 4) is 0 Å². The van der Waals surface area contributed by atoms with E-state index in [1.54, 1.807) is 0 Å². The third-order valence-corrected chi connectivity index (χ3v) is 6.86. The van der Waals surface area contributed by atoms with Crippen molar-refractivity contribution in [2.75, 3.05) is 52.1 Å². The first kappa shape index (κ1) is 42.2. The number of aliphatic carboxylic acids is 2. The maximum absolute atomic E-state index is 10.1. The molecule has 258 valence electrons. The van der Waals surface area contributed by atoms with Gasteiger partial charge in [0.05, 0.1) is 0 Å². The molecule has 0 spiro atoms. The highest BCUT2D eigenvalue weighted by atomic mass is 16.4. The van der Waals surface area contributed by atoms with E-state index in [-0.39, 0.29) is 0 Å². The summed E-state index contributed by atoms with van der Waals surface area (Å²) in [5, 5.41) is 57.9. The molecule has 8 N–H and O–H groups in total. The summed E-state index contributed by atoms with van der Waals surface area (Å²) in [6.45, 7) is 4.36. The Balaban J connectivity index is 0.000000663. The molecular formula is C34H54N4O8. The molecule has 6 atom stereocenters. The van der Waals surface area contributed by atoms with Crippen molar-refractivity contribution in [2.45, 2.75) is 63.2 Å². The summed E-state index contributed by atoms with van der Waals surface area (Å²) in [6.07, 6.45) is 1.63. The first-order valence-electron chi connectivity index (χ1n) is 15.0. The zero-order valence-corrected chi connectivity index (χ0v) is 28.2. The number of benzene rings is 2. The minimum Gasteiger partial charge on any atom is -0.479 e. The molecule has 0 saturated heterocycles. The van der Waals surface area contributed by atoms with E-state index < -0.39 is 36.4 Å². The van der Waals surface area contributed by atoms with Gasteiger partial charge in [0, 0.05) is 51.6 Å². The molecule has 0 amide bonds. The van der Waals surface area contributed by atoms with E-state index in [2.05, 4.69) is 135 Å². The van der Waals surface area contributed by atoms with Crippen LogP contribution < -0.4 is 20.4 Å². The number of nitrogens with one attached hydrogen (secondary N) is 2. The highest BCUT2D eigenvalue weighted by Crippen LogP contribution is 2.16. The summed E-state index contributed by atoms with van der Waals surface area (Å²) in [7, 11) is 12.2. The maximum Gasteiger partial charge on any atom is 0.335 e. The lowest BCUT2D eigenvalue weighted by atomic mass is 10.0. The van der Waals surface area contributed by atoms with Crippen LogP contribution in [0.25, 0.3) is 12.2 Å². The molecule has 2 unspecified atom stereocenters. The molecule has 2 rings (SSSR count). The number of aliphatic hydroxyl groups excluding tert-OH is 4. The molecule has 0 heterocycles. The second-order valence-electron chi connectivity index (χ2n) is 11.2. The van der Waals surface area contributed by atoms with E-state index in [0.717, 1.165) is 12.8 Å². The summed E-state index contributed by atoms with van der Waals surface area (Å²) >= 11 is 0. The van der Waals surface area contributed by atoms with Gasteiger partial charge in [-0.1, -0.05) is 48.6 Å². The average Bonchev–Trinajstić information content (AvgIpc) is 3.03. The molecule has 2 aromatic carbocycles. The lowest BCUT2D eigenvalue weighted by molar-refractivity contribution is -0.172. The van der Waals surface area contributed by atoms with Gasteiger partial charge in [-0.3, -0.25) is 0 Å². The largest absolute Gasteiger partial charge is 0.479 e. The molecule has 0 fully saturated rings. The third kappa shape index (κ3) is 17.1. The fraction of sp³-hybridized carbons (Fsp3) is 0.471. The van der Waals surface area contributed by atoms with Crippen molar-refractivity contribution >= 4 is 35.5 Å². The van der Waals surface area contributed by atoms with E-state index in [0.29, 0.717) is 12.1 Å². The topological polar surface area (TPSA) is 186 Å². The minimum absolute atomic E-state index is 0.535. The third-order valence-electron chi connectivity index (χ3n) is 6.86. The summed E-state index contributed by atoms with van der Waals surface area (Å²) in [5.41, 5.74) is 5.00. The molecule has 0 bridgehead atoms. The summed E-state index contributed by atoms with van der Waals surface area (Å²) in [6, 6.07) is 18.2. The van der Waals surface area contributed by atoms with Gasteiger partial charge < -0.3 is 51.1 Å². The second kappa shape index (κ2) is 22.7. The molecule has 0 saturated carbocycles. The van der Waals surface area contributed by atoms with Gasteiger partial charge in [-0.25, -0.2) is 9.59 Å². The number of aliphatic hydroxyl groups is 4. The number of carboxylic acids is 2. The van der Waals surface area contributed by atoms with Crippen molar-refractivity contribution in [3.05, 3.63) is 71.8 Å². The van der Waals surface area contributed by atoms with Crippen LogP contribution in [-0.2, 0) is 9.59 Å². The van der Waals surface area contributed by atoms with Gasteiger partial charge in [0.1, 0.15) is 12.2 Å². The van der Waals surface area contributed by atoms with E-state index in [4.69, 9.17) is 30.6 Å². The standard InChI is InChI=1S/2C14H22N2.C6H10O8/c2*1-12(15-2)7-5-8-13-9-6-10-14(11-13)16(3)4;7-1(3(9)5(11)12)2(8)4(10)6(13)14/h2*5-6,8-12,15H,7H2,1-4H3;1-4,7-10H,(H,11,12)(H,13,14)/b2*8-5+;/t;;1-,2+,3+,4-. The van der Waals surface area contributed by atoms with E-state index in [1.165, 1.54) is 22.5 Å². The number of carboxylic acid groups (broad SMARTS) is 2. The normalized spacial score (nSPS) is 15.0. The van der Waals surface area contributed by atoms with E-state index >= 15 is 0 Å². The summed E-state index contributed by atoms with van der Waals surface area (Å²) in [4.78, 5) is 24.4. The van der Waals surface area contributed by atoms with Crippen LogP contribution in [0.3, 0.4) is 0 Å². The zero-order chi connectivity index (χ0) is 35.4. The van der Waals surface area contributed by atoms with E-state index in [1.807, 2.05) is 14.1 Å². The Morgan fingerprint density at radius 1 is 0.674 bits per heavy atom. The number of hydrogen-bond donors (Lipinski definition) is 8. The Labute approximate surface area is 273 Å². The fourth-order valence-electron chi connectivity index (χ4n) is 3.53. The quantitative estimate of drug-likeness (QED) is 0.141. The monoisotopic (exact) mass is 646 g/mol. The molecule has 2 aromatic rings. The molecule has 12 nitrogen and oxygen atoms in total. The van der Waals surface area contributed by atoms with Crippen LogP contribution >= 0.6 is 0 Å². The SMILES string of the molecule is CNC(C)C/C=C/c1cccc(N(C)C)c1.CNC(C)C/C=C/c1cccc(N(C)C)c1.O=C(O)[C@@H](O)[C@H](O)[C@H](O)[C@@H](O)C(=O)O. The fourth-order valence-corrected chi connectivity index (χ4v) is 3.53. The summed E-state index contributed by atoms with van der Waals surface area (Å²) in [5.74, 6) is -3.68. The first-order chi connectivity index (χ1) is 21.5. The van der Waals surface area contributed by atoms with Crippen molar-refractivity contribution in [3.63, 3.8) is 0 Å². The molecule has 46 heavy (non-hydrogen) atoms. The zero-order valence-electron chi connectivity index (χ0n) is 28.2. The van der Waals surface area contributed by atoms with Crippen LogP contribution in [0.5, 0.6) is 0 Å². The number of nitrogens with zero attached hydrogens (tertiary/aromatic N) is 2. The van der Waals surface area contributed by atoms with Gasteiger partial charge in [0.25, 0.3) is 0 Å². The summed E-state index contributed by atoms with van der Waals surface area (Å²) < 4.78 is 0. The second-order valence-corrected chi connectivity index (χ2v) is 11.2. The predicted octanol–water partition coefficient (Wildman–Crippen LogP) is 2.13. The Bertz CT molecular complexity index is 1130. The van der Waals surface area contributed by atoms with Crippen molar-refractivity contribution < 1.29 is 40.2 Å². The van der Waals surface area contributed by atoms with Gasteiger partial charge in [0.15, 0.2) is 12.2 Å². The Morgan fingerprint density at radius 2 is 1.00 bits per heavy atom. The van der Waals surface area contributed by atoms with Gasteiger partial charge in [-0.15, -0.1) is 0 Å². The van der Waals surface area contributed by atoms with Gasteiger partial charge in [-0.2, -0.15) is 0 Å². The average molecular weight is 647 g/mol. The molecule has 12 heteroatoms. The molecule has 0 radical (unpaired) electrons. The van der Waals surface area contributed by atoms with Gasteiger partial charge in [0.2, 0.25) is 0 Å². The van der Waals surface area contributed by atoms with Crippen molar-refractivity contribution in [2.24, 2.45) is 0 Å². The van der Waals surface area contributed by atoms with Crippen LogP contribution in [0.2, 0.25) is 0 Å². The molecule has 0 aliphatic carbocycles. The molecule has 0 aliphatic heterocycles. The Hall–Kier alpha value is -3.78. The Morgan fingerprint density at radius 3 is 1.26 bits per heavy atom. The van der Waals surface area contributed by atoms with E-state index in [9.17, 15) is 9.59 Å². The first-order valence-corrected chi connectivity index (χ1v) is 15.0. The smallest absolute Gasteiger partial charge is 0.335 e. The number of anilines is 2.